The summed E-state index contributed by atoms with van der Waals surface area (Å²) in [6, 6.07) is 9.81. The summed E-state index contributed by atoms with van der Waals surface area (Å²) in [7, 11) is 1.97. The average molecular weight is 411 g/mol. The minimum Gasteiger partial charge on any atom is -0.486 e. The van der Waals surface area contributed by atoms with E-state index in [9.17, 15) is 4.79 Å². The maximum Gasteiger partial charge on any atom is 0.192 e. The van der Waals surface area contributed by atoms with Crippen molar-refractivity contribution in [1.82, 2.24) is 19.3 Å². The third-order valence-corrected chi connectivity index (χ3v) is 5.84. The van der Waals surface area contributed by atoms with E-state index in [0.29, 0.717) is 29.9 Å². The topological polar surface area (TPSA) is 61.9 Å². The summed E-state index contributed by atoms with van der Waals surface area (Å²) < 4.78 is 9.82. The normalized spacial score (nSPS) is 10.9. The molecule has 0 bridgehead atoms. The Morgan fingerprint density at radius 1 is 1.24 bits per heavy atom. The zero-order valence-corrected chi connectivity index (χ0v) is 18.1. The van der Waals surface area contributed by atoms with Crippen molar-refractivity contribution in [3.8, 4) is 5.75 Å². The minimum atomic E-state index is 0.0851. The molecule has 3 rings (SSSR count). The third-order valence-electron chi connectivity index (χ3n) is 4.87. The number of hydrogen-bond acceptors (Lipinski definition) is 5. The lowest BCUT2D eigenvalue weighted by molar-refractivity contribution is 0.102. The predicted octanol–water partition coefficient (Wildman–Crippen LogP) is 4.28. The van der Waals surface area contributed by atoms with Crippen LogP contribution in [0.15, 0.2) is 48.1 Å². The van der Waals surface area contributed by atoms with Gasteiger partial charge in [-0.3, -0.25) is 9.36 Å². The number of aromatic nitrogens is 4. The molecule has 1 aromatic carbocycles. The van der Waals surface area contributed by atoms with Crippen LogP contribution in [0.5, 0.6) is 5.75 Å². The van der Waals surface area contributed by atoms with E-state index >= 15 is 0 Å². The first kappa shape index (κ1) is 20.9. The monoisotopic (exact) mass is 410 g/mol. The Kier molecular flexibility index (Phi) is 6.59. The summed E-state index contributed by atoms with van der Waals surface area (Å²) in [4.78, 5) is 12.7. The fourth-order valence-corrected chi connectivity index (χ4v) is 3.89. The van der Waals surface area contributed by atoms with E-state index in [0.717, 1.165) is 28.3 Å². The summed E-state index contributed by atoms with van der Waals surface area (Å²) >= 11 is 1.39. The van der Waals surface area contributed by atoms with Crippen molar-refractivity contribution in [2.24, 2.45) is 7.05 Å². The predicted molar refractivity (Wildman–Crippen MR) is 116 cm³/mol. The fraction of sp³-hybridized carbons (Fsp3) is 0.318. The lowest BCUT2D eigenvalue weighted by atomic mass is 10.2. The van der Waals surface area contributed by atoms with Gasteiger partial charge in [0.15, 0.2) is 16.8 Å². The number of hydrogen-bond donors (Lipinski definition) is 0. The summed E-state index contributed by atoms with van der Waals surface area (Å²) in [5.41, 5.74) is 3.95. The number of thioether (sulfide) groups is 1. The highest BCUT2D eigenvalue weighted by Crippen LogP contribution is 2.22. The van der Waals surface area contributed by atoms with Crippen molar-refractivity contribution in [2.75, 3.05) is 5.75 Å². The molecule has 0 aliphatic carbocycles. The molecule has 0 aliphatic heterocycles. The van der Waals surface area contributed by atoms with Gasteiger partial charge in [-0.05, 0) is 44.5 Å². The number of carbonyl (C=O) groups excluding carboxylic acids is 1. The summed E-state index contributed by atoms with van der Waals surface area (Å²) in [6.45, 7) is 10.7. The van der Waals surface area contributed by atoms with Gasteiger partial charge in [0.05, 0.1) is 5.75 Å². The van der Waals surface area contributed by atoms with Gasteiger partial charge in [-0.25, -0.2) is 0 Å². The van der Waals surface area contributed by atoms with Gasteiger partial charge in [0.2, 0.25) is 0 Å². The van der Waals surface area contributed by atoms with Crippen molar-refractivity contribution < 1.29 is 9.53 Å². The quantitative estimate of drug-likeness (QED) is 0.299. The van der Waals surface area contributed by atoms with Crippen LogP contribution in [-0.2, 0) is 20.2 Å². The highest BCUT2D eigenvalue weighted by Gasteiger charge is 2.17. The number of carbonyl (C=O) groups is 1. The second-order valence-corrected chi connectivity index (χ2v) is 7.90. The molecule has 0 amide bonds. The Hall–Kier alpha value is -2.80. The van der Waals surface area contributed by atoms with Crippen molar-refractivity contribution in [3.05, 3.63) is 71.3 Å². The summed E-state index contributed by atoms with van der Waals surface area (Å²) in [5.74, 6) is 1.88. The van der Waals surface area contributed by atoms with E-state index < -0.39 is 0 Å². The highest BCUT2D eigenvalue weighted by molar-refractivity contribution is 7.99. The standard InChI is InChI=1S/C22H26N4O2S/c1-6-10-26-21(13-28-18-9-7-8-15(2)11-18)23-24-22(26)29-14-20(27)19-12-16(3)25(5)17(19)4/h6-9,11-12H,1,10,13-14H2,2-5H3. The van der Waals surface area contributed by atoms with Crippen molar-refractivity contribution in [2.45, 2.75) is 39.1 Å². The van der Waals surface area contributed by atoms with E-state index in [1.807, 2.05) is 67.3 Å². The molecule has 3 aromatic rings. The molecule has 0 atom stereocenters. The SMILES string of the molecule is C=CCn1c(COc2cccc(C)c2)nnc1SCC(=O)c1cc(C)n(C)c1C. The smallest absolute Gasteiger partial charge is 0.192 e. The molecule has 0 radical (unpaired) electrons. The molecular weight excluding hydrogens is 384 g/mol. The summed E-state index contributed by atoms with van der Waals surface area (Å²) in [6.07, 6.45) is 1.79. The number of ketones is 1. The lowest BCUT2D eigenvalue weighted by Crippen LogP contribution is -2.09. The van der Waals surface area contributed by atoms with Crippen LogP contribution < -0.4 is 4.74 Å². The molecule has 7 heteroatoms. The van der Waals surface area contributed by atoms with Gasteiger partial charge >= 0.3 is 0 Å². The van der Waals surface area contributed by atoms with Crippen LogP contribution >= 0.6 is 11.8 Å². The Bertz CT molecular complexity index is 1040. The van der Waals surface area contributed by atoms with E-state index in [-0.39, 0.29) is 5.78 Å². The molecule has 2 aromatic heterocycles. The molecule has 0 spiro atoms. The number of ether oxygens (including phenoxy) is 1. The molecule has 0 saturated heterocycles. The fourth-order valence-electron chi connectivity index (χ4n) is 3.04. The molecule has 6 nitrogen and oxygen atoms in total. The number of Topliss-reactive ketones (excluding diaryl/α,β-unsaturated/α-hetero) is 1. The number of nitrogens with zero attached hydrogens (tertiary/aromatic N) is 4. The molecule has 29 heavy (non-hydrogen) atoms. The minimum absolute atomic E-state index is 0.0851. The highest BCUT2D eigenvalue weighted by atomic mass is 32.2. The van der Waals surface area contributed by atoms with E-state index in [2.05, 4.69) is 16.8 Å². The second kappa shape index (κ2) is 9.13. The Labute approximate surface area is 175 Å². The summed E-state index contributed by atoms with van der Waals surface area (Å²) in [5, 5.41) is 9.22. The molecule has 152 valence electrons. The van der Waals surface area contributed by atoms with Gasteiger partial charge in [-0.2, -0.15) is 0 Å². The van der Waals surface area contributed by atoms with E-state index in [1.165, 1.54) is 11.8 Å². The van der Waals surface area contributed by atoms with Crippen molar-refractivity contribution >= 4 is 17.5 Å². The lowest BCUT2D eigenvalue weighted by Gasteiger charge is -2.09. The molecule has 0 saturated carbocycles. The van der Waals surface area contributed by atoms with Gasteiger partial charge in [0.1, 0.15) is 12.4 Å². The van der Waals surface area contributed by atoms with Crippen LogP contribution in [0.3, 0.4) is 0 Å². The number of benzene rings is 1. The molecule has 0 aliphatic rings. The van der Waals surface area contributed by atoms with E-state index in [4.69, 9.17) is 4.74 Å². The third kappa shape index (κ3) is 4.79. The Balaban J connectivity index is 1.70. The Morgan fingerprint density at radius 2 is 2.03 bits per heavy atom. The first-order valence-corrected chi connectivity index (χ1v) is 10.4. The first-order valence-electron chi connectivity index (χ1n) is 9.42. The Morgan fingerprint density at radius 3 is 2.69 bits per heavy atom. The van der Waals surface area contributed by atoms with Crippen molar-refractivity contribution in [1.29, 1.82) is 0 Å². The van der Waals surface area contributed by atoms with Crippen LogP contribution in [0.2, 0.25) is 0 Å². The van der Waals surface area contributed by atoms with Crippen molar-refractivity contribution in [3.63, 3.8) is 0 Å². The number of aryl methyl sites for hydroxylation is 2. The average Bonchev–Trinajstić information content (AvgIpc) is 3.20. The van der Waals surface area contributed by atoms with Crippen LogP contribution in [0, 0.1) is 20.8 Å². The zero-order chi connectivity index (χ0) is 21.0. The van der Waals surface area contributed by atoms with Gasteiger partial charge < -0.3 is 9.30 Å². The molecule has 2 heterocycles. The second-order valence-electron chi connectivity index (χ2n) is 6.96. The first-order chi connectivity index (χ1) is 13.9. The van der Waals surface area contributed by atoms with E-state index in [1.54, 1.807) is 6.08 Å². The number of rotatable bonds is 9. The van der Waals surface area contributed by atoms with Gasteiger partial charge in [0, 0.05) is 30.5 Å². The van der Waals surface area contributed by atoms with Gasteiger partial charge in [-0.1, -0.05) is 30.0 Å². The van der Waals surface area contributed by atoms with Gasteiger partial charge in [-0.15, -0.1) is 16.8 Å². The van der Waals surface area contributed by atoms with Gasteiger partial charge in [0.25, 0.3) is 0 Å². The largest absolute Gasteiger partial charge is 0.486 e. The van der Waals surface area contributed by atoms with Crippen LogP contribution in [0.1, 0.15) is 33.1 Å². The molecule has 0 fully saturated rings. The molecule has 0 N–H and O–H groups in total. The maximum atomic E-state index is 12.7. The zero-order valence-electron chi connectivity index (χ0n) is 17.3. The van der Waals surface area contributed by atoms with Crippen LogP contribution in [0.25, 0.3) is 0 Å². The maximum absolute atomic E-state index is 12.7. The number of allylic oxidation sites excluding steroid dienone is 1. The van der Waals surface area contributed by atoms with Crippen LogP contribution in [0.4, 0.5) is 0 Å². The van der Waals surface area contributed by atoms with Crippen LogP contribution in [-0.4, -0.2) is 30.9 Å². The molecular formula is C22H26N4O2S. The molecule has 0 unspecified atom stereocenters.